The van der Waals surface area contributed by atoms with Gasteiger partial charge >= 0.3 is 0 Å². The Bertz CT molecular complexity index is 463. The molecular formula is C13H17N3O2S. The second-order valence-corrected chi connectivity index (χ2v) is 4.69. The number of anilines is 1. The van der Waals surface area contributed by atoms with Gasteiger partial charge in [0.25, 0.3) is 0 Å². The lowest BCUT2D eigenvalue weighted by atomic mass is 10.3. The van der Waals surface area contributed by atoms with Gasteiger partial charge in [0, 0.05) is 10.6 Å². The van der Waals surface area contributed by atoms with E-state index in [9.17, 15) is 9.59 Å². The van der Waals surface area contributed by atoms with Crippen molar-refractivity contribution in [2.24, 2.45) is 5.73 Å². The summed E-state index contributed by atoms with van der Waals surface area (Å²) < 4.78 is 0. The summed E-state index contributed by atoms with van der Waals surface area (Å²) in [6.45, 7) is 3.44. The van der Waals surface area contributed by atoms with Gasteiger partial charge in [0.05, 0.1) is 18.8 Å². The number of thioether (sulfide) groups is 1. The number of rotatable bonds is 7. The SMILES string of the molecule is C=CCSc1ccccc1NC(=O)CNC(=O)CN. The minimum atomic E-state index is -0.357. The first-order chi connectivity index (χ1) is 9.17. The molecule has 0 heterocycles. The van der Waals surface area contributed by atoms with Crippen LogP contribution in [0.2, 0.25) is 0 Å². The van der Waals surface area contributed by atoms with Gasteiger partial charge in [-0.2, -0.15) is 0 Å². The summed E-state index contributed by atoms with van der Waals surface area (Å²) in [5.74, 6) is 0.120. The summed E-state index contributed by atoms with van der Waals surface area (Å²) in [6.07, 6.45) is 1.80. The molecule has 6 heteroatoms. The van der Waals surface area contributed by atoms with Crippen LogP contribution in [0.3, 0.4) is 0 Å². The van der Waals surface area contributed by atoms with Crippen molar-refractivity contribution >= 4 is 29.3 Å². The van der Waals surface area contributed by atoms with Crippen molar-refractivity contribution in [3.05, 3.63) is 36.9 Å². The van der Waals surface area contributed by atoms with Crippen LogP contribution in [0, 0.1) is 0 Å². The molecule has 1 aromatic carbocycles. The highest BCUT2D eigenvalue weighted by molar-refractivity contribution is 7.99. The van der Waals surface area contributed by atoms with Gasteiger partial charge < -0.3 is 16.4 Å². The third kappa shape index (κ3) is 5.58. The molecule has 0 aliphatic rings. The molecule has 0 unspecified atom stereocenters. The highest BCUT2D eigenvalue weighted by atomic mass is 32.2. The molecule has 4 N–H and O–H groups in total. The first-order valence-electron chi connectivity index (χ1n) is 5.76. The van der Waals surface area contributed by atoms with E-state index in [0.717, 1.165) is 16.3 Å². The molecule has 0 aliphatic heterocycles. The van der Waals surface area contributed by atoms with Gasteiger partial charge in [0.2, 0.25) is 11.8 Å². The largest absolute Gasteiger partial charge is 0.346 e. The summed E-state index contributed by atoms with van der Waals surface area (Å²) in [7, 11) is 0. The van der Waals surface area contributed by atoms with Crippen molar-refractivity contribution in [2.45, 2.75) is 4.90 Å². The second kappa shape index (κ2) is 8.34. The number of para-hydroxylation sites is 1. The van der Waals surface area contributed by atoms with Crippen LogP contribution in [0.1, 0.15) is 0 Å². The van der Waals surface area contributed by atoms with Crippen LogP contribution in [0.4, 0.5) is 5.69 Å². The molecule has 0 saturated carbocycles. The van der Waals surface area contributed by atoms with Crippen LogP contribution >= 0.6 is 11.8 Å². The molecule has 19 heavy (non-hydrogen) atoms. The fraction of sp³-hybridized carbons (Fsp3) is 0.231. The van der Waals surface area contributed by atoms with E-state index in [1.807, 2.05) is 24.3 Å². The number of amides is 2. The normalized spacial score (nSPS) is 9.74. The van der Waals surface area contributed by atoms with Crippen LogP contribution in [-0.4, -0.2) is 30.7 Å². The molecule has 0 aliphatic carbocycles. The minimum Gasteiger partial charge on any atom is -0.346 e. The maximum atomic E-state index is 11.7. The van der Waals surface area contributed by atoms with E-state index in [-0.39, 0.29) is 24.9 Å². The molecular weight excluding hydrogens is 262 g/mol. The molecule has 102 valence electrons. The molecule has 0 radical (unpaired) electrons. The fourth-order valence-electron chi connectivity index (χ4n) is 1.29. The molecule has 0 atom stereocenters. The minimum absolute atomic E-state index is 0.0868. The number of hydrogen-bond acceptors (Lipinski definition) is 4. The van der Waals surface area contributed by atoms with Crippen molar-refractivity contribution in [3.8, 4) is 0 Å². The molecule has 5 nitrogen and oxygen atoms in total. The monoisotopic (exact) mass is 279 g/mol. The van der Waals surface area contributed by atoms with Gasteiger partial charge in [-0.3, -0.25) is 9.59 Å². The van der Waals surface area contributed by atoms with Crippen molar-refractivity contribution in [3.63, 3.8) is 0 Å². The first-order valence-corrected chi connectivity index (χ1v) is 6.75. The van der Waals surface area contributed by atoms with E-state index in [4.69, 9.17) is 5.73 Å². The van der Waals surface area contributed by atoms with Gasteiger partial charge in [-0.1, -0.05) is 18.2 Å². The predicted molar refractivity (Wildman–Crippen MR) is 78.1 cm³/mol. The Morgan fingerprint density at radius 3 is 2.74 bits per heavy atom. The topological polar surface area (TPSA) is 84.2 Å². The maximum absolute atomic E-state index is 11.7. The van der Waals surface area contributed by atoms with E-state index in [1.165, 1.54) is 0 Å². The lowest BCUT2D eigenvalue weighted by molar-refractivity contribution is -0.123. The summed E-state index contributed by atoms with van der Waals surface area (Å²) in [5.41, 5.74) is 5.86. The Labute approximate surface area is 116 Å². The van der Waals surface area contributed by atoms with E-state index in [0.29, 0.717) is 0 Å². The zero-order valence-electron chi connectivity index (χ0n) is 10.5. The standard InChI is InChI=1S/C13H17N3O2S/c1-2-7-19-11-6-4-3-5-10(11)16-13(18)9-15-12(17)8-14/h2-6H,1,7-9,14H2,(H,15,17)(H,16,18). The van der Waals surface area contributed by atoms with Crippen LogP contribution in [0.25, 0.3) is 0 Å². The van der Waals surface area contributed by atoms with Gasteiger partial charge in [0.15, 0.2) is 0 Å². The third-order valence-corrected chi connectivity index (χ3v) is 3.22. The predicted octanol–water partition coefficient (Wildman–Crippen LogP) is 0.978. The number of carbonyl (C=O) groups is 2. The Balaban J connectivity index is 2.58. The molecule has 1 aromatic rings. The third-order valence-electron chi connectivity index (χ3n) is 2.15. The van der Waals surface area contributed by atoms with E-state index >= 15 is 0 Å². The van der Waals surface area contributed by atoms with Crippen LogP contribution in [0.5, 0.6) is 0 Å². The first kappa shape index (κ1) is 15.3. The maximum Gasteiger partial charge on any atom is 0.243 e. The van der Waals surface area contributed by atoms with E-state index in [1.54, 1.807) is 17.8 Å². The molecule has 0 aromatic heterocycles. The van der Waals surface area contributed by atoms with Crippen molar-refractivity contribution < 1.29 is 9.59 Å². The number of nitrogens with two attached hydrogens (primary N) is 1. The second-order valence-electron chi connectivity index (χ2n) is 3.62. The lowest BCUT2D eigenvalue weighted by Crippen LogP contribution is -2.36. The van der Waals surface area contributed by atoms with Crippen LogP contribution in [-0.2, 0) is 9.59 Å². The van der Waals surface area contributed by atoms with Gasteiger partial charge in [-0.25, -0.2) is 0 Å². The lowest BCUT2D eigenvalue weighted by Gasteiger charge is -2.10. The van der Waals surface area contributed by atoms with E-state index < -0.39 is 0 Å². The number of benzene rings is 1. The highest BCUT2D eigenvalue weighted by Crippen LogP contribution is 2.26. The van der Waals surface area contributed by atoms with Crippen LogP contribution < -0.4 is 16.4 Å². The van der Waals surface area contributed by atoms with Gasteiger partial charge in [-0.15, -0.1) is 18.3 Å². The Morgan fingerprint density at radius 2 is 2.05 bits per heavy atom. The van der Waals surface area contributed by atoms with Crippen molar-refractivity contribution in [1.29, 1.82) is 0 Å². The summed E-state index contributed by atoms with van der Waals surface area (Å²) >= 11 is 1.58. The fourth-order valence-corrected chi connectivity index (χ4v) is 2.04. The van der Waals surface area contributed by atoms with Crippen molar-refractivity contribution in [1.82, 2.24) is 5.32 Å². The molecule has 0 bridgehead atoms. The van der Waals surface area contributed by atoms with E-state index in [2.05, 4.69) is 17.2 Å². The highest BCUT2D eigenvalue weighted by Gasteiger charge is 2.07. The molecule has 1 rings (SSSR count). The summed E-state index contributed by atoms with van der Waals surface area (Å²) in [4.78, 5) is 23.6. The number of carbonyl (C=O) groups excluding carboxylic acids is 2. The molecule has 2 amide bonds. The van der Waals surface area contributed by atoms with Crippen LogP contribution in [0.15, 0.2) is 41.8 Å². The summed E-state index contributed by atoms with van der Waals surface area (Å²) in [5, 5.41) is 5.17. The quantitative estimate of drug-likeness (QED) is 0.513. The molecule has 0 fully saturated rings. The smallest absolute Gasteiger partial charge is 0.243 e. The molecule has 0 saturated heterocycles. The Morgan fingerprint density at radius 1 is 1.32 bits per heavy atom. The Kier molecular flexibility index (Phi) is 6.70. The number of nitrogens with one attached hydrogen (secondary N) is 2. The molecule has 0 spiro atoms. The average molecular weight is 279 g/mol. The van der Waals surface area contributed by atoms with Crippen molar-refractivity contribution in [2.75, 3.05) is 24.2 Å². The zero-order chi connectivity index (χ0) is 14.1. The van der Waals surface area contributed by atoms with Gasteiger partial charge in [0.1, 0.15) is 0 Å². The number of hydrogen-bond donors (Lipinski definition) is 3. The Hall–Kier alpha value is -1.79. The average Bonchev–Trinajstić information content (AvgIpc) is 2.43. The summed E-state index contributed by atoms with van der Waals surface area (Å²) in [6, 6.07) is 7.47. The zero-order valence-corrected chi connectivity index (χ0v) is 11.3. The van der Waals surface area contributed by atoms with Gasteiger partial charge in [-0.05, 0) is 12.1 Å².